The van der Waals surface area contributed by atoms with Crippen LogP contribution in [0, 0.1) is 0 Å². The summed E-state index contributed by atoms with van der Waals surface area (Å²) in [4.78, 5) is 11.6. The van der Waals surface area contributed by atoms with Crippen LogP contribution in [0.1, 0.15) is 31.4 Å². The molecule has 7 heteroatoms. The van der Waals surface area contributed by atoms with E-state index < -0.39 is 6.10 Å². The van der Waals surface area contributed by atoms with Gasteiger partial charge in [-0.05, 0) is 31.0 Å². The van der Waals surface area contributed by atoms with Gasteiger partial charge in [0.15, 0.2) is 0 Å². The molecule has 126 valence electrons. The van der Waals surface area contributed by atoms with Crippen molar-refractivity contribution in [1.29, 1.82) is 0 Å². The minimum atomic E-state index is -0.826. The summed E-state index contributed by atoms with van der Waals surface area (Å²) in [6.07, 6.45) is 0.147. The maximum Gasteiger partial charge on any atom is 0.220 e. The van der Waals surface area contributed by atoms with Gasteiger partial charge >= 0.3 is 0 Å². The highest BCUT2D eigenvalue weighted by Crippen LogP contribution is 2.26. The lowest BCUT2D eigenvalue weighted by Gasteiger charge is -2.15. The number of hydrogen-bond donors (Lipinski definition) is 3. The number of methoxy groups -OCH3 is 2. The molecule has 1 aromatic rings. The summed E-state index contributed by atoms with van der Waals surface area (Å²) in [6.45, 7) is 1.98. The van der Waals surface area contributed by atoms with Crippen molar-refractivity contribution in [2.75, 3.05) is 20.8 Å². The topological polar surface area (TPSA) is 93.8 Å². The highest BCUT2D eigenvalue weighted by molar-refractivity contribution is 5.85. The Morgan fingerprint density at radius 2 is 1.82 bits per heavy atom. The molecule has 2 atom stereocenters. The number of carbonyl (C=O) groups excluding carboxylic acids is 1. The summed E-state index contributed by atoms with van der Waals surface area (Å²) in [7, 11) is 3.08. The molecule has 2 unspecified atom stereocenters. The Bertz CT molecular complexity index is 447. The van der Waals surface area contributed by atoms with Gasteiger partial charge in [-0.2, -0.15) is 0 Å². The Morgan fingerprint density at radius 3 is 2.27 bits per heavy atom. The zero-order valence-electron chi connectivity index (χ0n) is 13.2. The molecule has 1 rings (SSSR count). The summed E-state index contributed by atoms with van der Waals surface area (Å²) >= 11 is 0. The van der Waals surface area contributed by atoms with Gasteiger partial charge in [0.1, 0.15) is 11.5 Å². The van der Waals surface area contributed by atoms with Crippen LogP contribution in [-0.2, 0) is 4.79 Å². The molecule has 0 radical (unpaired) electrons. The lowest BCUT2D eigenvalue weighted by atomic mass is 10.1. The van der Waals surface area contributed by atoms with Gasteiger partial charge in [0.05, 0.1) is 20.3 Å². The average Bonchev–Trinajstić information content (AvgIpc) is 2.49. The number of aliphatic hydroxyl groups is 1. The number of nitrogens with two attached hydrogens (primary N) is 1. The van der Waals surface area contributed by atoms with Gasteiger partial charge in [-0.25, -0.2) is 0 Å². The summed E-state index contributed by atoms with van der Waals surface area (Å²) in [5.74, 6) is 1.06. The van der Waals surface area contributed by atoms with Gasteiger partial charge in [0.25, 0.3) is 0 Å². The molecule has 0 aliphatic heterocycles. The fourth-order valence-electron chi connectivity index (χ4n) is 1.80. The van der Waals surface area contributed by atoms with Gasteiger partial charge in [0.2, 0.25) is 5.91 Å². The van der Waals surface area contributed by atoms with Gasteiger partial charge in [-0.15, -0.1) is 12.4 Å². The third kappa shape index (κ3) is 6.98. The molecule has 0 aromatic heterocycles. The van der Waals surface area contributed by atoms with E-state index in [1.54, 1.807) is 32.4 Å². The van der Waals surface area contributed by atoms with Crippen LogP contribution >= 0.6 is 12.4 Å². The molecular formula is C15H25ClN2O4. The summed E-state index contributed by atoms with van der Waals surface area (Å²) in [5, 5.41) is 12.8. The fraction of sp³-hybridized carbons (Fsp3) is 0.533. The molecule has 22 heavy (non-hydrogen) atoms. The second-order valence-electron chi connectivity index (χ2n) is 4.98. The average molecular weight is 333 g/mol. The lowest BCUT2D eigenvalue weighted by Crippen LogP contribution is -2.29. The quantitative estimate of drug-likeness (QED) is 0.669. The Hall–Kier alpha value is -1.50. The van der Waals surface area contributed by atoms with Gasteiger partial charge in [0, 0.05) is 25.1 Å². The lowest BCUT2D eigenvalue weighted by molar-refractivity contribution is -0.121. The van der Waals surface area contributed by atoms with Crippen LogP contribution in [0.3, 0.4) is 0 Å². The largest absolute Gasteiger partial charge is 0.497 e. The van der Waals surface area contributed by atoms with E-state index in [-0.39, 0.29) is 30.9 Å². The van der Waals surface area contributed by atoms with Crippen molar-refractivity contribution in [3.63, 3.8) is 0 Å². The smallest absolute Gasteiger partial charge is 0.220 e. The number of rotatable bonds is 8. The van der Waals surface area contributed by atoms with Crippen molar-refractivity contribution < 1.29 is 19.4 Å². The molecule has 1 aromatic carbocycles. The molecule has 0 aliphatic carbocycles. The zero-order chi connectivity index (χ0) is 15.8. The monoisotopic (exact) mass is 332 g/mol. The first-order valence-electron chi connectivity index (χ1n) is 6.89. The normalized spacial score (nSPS) is 12.8. The molecule has 4 N–H and O–H groups in total. The third-order valence-corrected chi connectivity index (χ3v) is 3.08. The van der Waals surface area contributed by atoms with E-state index in [1.165, 1.54) is 0 Å². The standard InChI is InChI=1S/C15H24N2O4.ClH/c1-10(16)4-5-15(19)17-9-14(18)11-6-12(20-2)8-13(7-11)21-3;/h6-8,10,14,18H,4-5,9,16H2,1-3H3,(H,17,19);1H. The minimum Gasteiger partial charge on any atom is -0.497 e. The first kappa shape index (κ1) is 20.5. The van der Waals surface area contributed by atoms with Crippen LogP contribution in [0.5, 0.6) is 11.5 Å². The van der Waals surface area contributed by atoms with E-state index in [9.17, 15) is 9.90 Å². The molecule has 0 fully saturated rings. The Balaban J connectivity index is 0.00000441. The molecule has 0 aliphatic rings. The van der Waals surface area contributed by atoms with Crippen molar-refractivity contribution in [3.05, 3.63) is 23.8 Å². The number of aliphatic hydroxyl groups excluding tert-OH is 1. The second-order valence-corrected chi connectivity index (χ2v) is 4.98. The molecule has 0 heterocycles. The van der Waals surface area contributed by atoms with Crippen LogP contribution in [-0.4, -0.2) is 37.8 Å². The van der Waals surface area contributed by atoms with E-state index in [2.05, 4.69) is 5.32 Å². The van der Waals surface area contributed by atoms with Gasteiger partial charge < -0.3 is 25.6 Å². The number of amides is 1. The Morgan fingerprint density at radius 1 is 1.27 bits per heavy atom. The molecule has 0 bridgehead atoms. The zero-order valence-corrected chi connectivity index (χ0v) is 14.0. The molecule has 0 saturated heterocycles. The number of benzene rings is 1. The molecular weight excluding hydrogens is 308 g/mol. The van der Waals surface area contributed by atoms with E-state index in [1.807, 2.05) is 6.92 Å². The van der Waals surface area contributed by atoms with Crippen molar-refractivity contribution in [2.45, 2.75) is 31.9 Å². The van der Waals surface area contributed by atoms with Crippen LogP contribution in [0.4, 0.5) is 0 Å². The predicted octanol–water partition coefficient (Wildman–Crippen LogP) is 1.40. The van der Waals surface area contributed by atoms with Crippen molar-refractivity contribution in [2.24, 2.45) is 5.73 Å². The van der Waals surface area contributed by atoms with E-state index in [4.69, 9.17) is 15.2 Å². The summed E-state index contributed by atoms with van der Waals surface area (Å²) < 4.78 is 10.3. The maximum atomic E-state index is 11.6. The summed E-state index contributed by atoms with van der Waals surface area (Å²) in [5.41, 5.74) is 6.22. The molecule has 1 amide bonds. The molecule has 0 saturated carbocycles. The highest BCUT2D eigenvalue weighted by Gasteiger charge is 2.12. The van der Waals surface area contributed by atoms with Gasteiger partial charge in [-0.3, -0.25) is 4.79 Å². The maximum absolute atomic E-state index is 11.6. The first-order chi connectivity index (χ1) is 9.96. The van der Waals surface area contributed by atoms with E-state index >= 15 is 0 Å². The number of halogens is 1. The number of ether oxygens (including phenoxy) is 2. The Labute approximate surface area is 137 Å². The van der Waals surface area contributed by atoms with E-state index in [0.717, 1.165) is 0 Å². The van der Waals surface area contributed by atoms with Crippen molar-refractivity contribution in [1.82, 2.24) is 5.32 Å². The Kier molecular flexibility index (Phi) is 9.56. The predicted molar refractivity (Wildman–Crippen MR) is 87.6 cm³/mol. The van der Waals surface area contributed by atoms with Gasteiger partial charge in [-0.1, -0.05) is 0 Å². The number of hydrogen-bond acceptors (Lipinski definition) is 5. The fourth-order valence-corrected chi connectivity index (χ4v) is 1.80. The number of carbonyl (C=O) groups is 1. The molecule has 6 nitrogen and oxygen atoms in total. The van der Waals surface area contributed by atoms with Crippen LogP contribution < -0.4 is 20.5 Å². The highest BCUT2D eigenvalue weighted by atomic mass is 35.5. The minimum absolute atomic E-state index is 0. The van der Waals surface area contributed by atoms with Crippen LogP contribution in [0.25, 0.3) is 0 Å². The molecule has 0 spiro atoms. The van der Waals surface area contributed by atoms with Crippen LogP contribution in [0.2, 0.25) is 0 Å². The third-order valence-electron chi connectivity index (χ3n) is 3.08. The SMILES string of the molecule is COc1cc(OC)cc(C(O)CNC(=O)CCC(C)N)c1.Cl. The number of nitrogens with one attached hydrogen (secondary N) is 1. The first-order valence-corrected chi connectivity index (χ1v) is 6.89. The second kappa shape index (κ2) is 10.3. The van der Waals surface area contributed by atoms with Crippen molar-refractivity contribution >= 4 is 18.3 Å². The van der Waals surface area contributed by atoms with Crippen LogP contribution in [0.15, 0.2) is 18.2 Å². The van der Waals surface area contributed by atoms with E-state index in [0.29, 0.717) is 29.9 Å². The summed E-state index contributed by atoms with van der Waals surface area (Å²) in [6, 6.07) is 5.13. The van der Waals surface area contributed by atoms with Crippen molar-refractivity contribution in [3.8, 4) is 11.5 Å².